The molecule has 1 aromatic carbocycles. The fraction of sp³-hybridized carbons (Fsp3) is 0.571. The van der Waals surface area contributed by atoms with Crippen LogP contribution in [0.5, 0.6) is 0 Å². The number of nitrogens with zero attached hydrogens (tertiary/aromatic N) is 1. The Labute approximate surface area is 123 Å². The molecule has 0 spiro atoms. The number of rotatable bonds is 4. The van der Waals surface area contributed by atoms with Crippen LogP contribution in [-0.4, -0.2) is 30.6 Å². The highest BCUT2D eigenvalue weighted by Gasteiger charge is 2.18. The van der Waals surface area contributed by atoms with Crippen LogP contribution in [0.25, 0.3) is 0 Å². The lowest BCUT2D eigenvalue weighted by Crippen LogP contribution is -2.39. The molecule has 0 bridgehead atoms. The van der Waals surface area contributed by atoms with Crippen LogP contribution in [-0.2, 0) is 0 Å². The Bertz CT molecular complexity index is 387. The van der Waals surface area contributed by atoms with Crippen molar-refractivity contribution in [3.05, 3.63) is 21.8 Å². The Kier molecular flexibility index (Phi) is 5.12. The fourth-order valence-corrected chi connectivity index (χ4v) is 3.18. The second kappa shape index (κ2) is 6.61. The maximum atomic E-state index is 5.77. The number of halogens is 1. The summed E-state index contributed by atoms with van der Waals surface area (Å²) in [6.07, 6.45) is 3.73. The first-order valence-electron chi connectivity index (χ1n) is 6.73. The molecular weight excluding hydrogens is 337 g/mol. The predicted molar refractivity (Wildman–Crippen MR) is 86.9 cm³/mol. The Balaban J connectivity index is 1.87. The van der Waals surface area contributed by atoms with E-state index in [4.69, 9.17) is 5.73 Å². The van der Waals surface area contributed by atoms with Gasteiger partial charge in [-0.05, 0) is 66.6 Å². The first-order chi connectivity index (χ1) is 8.69. The topological polar surface area (TPSA) is 41.3 Å². The van der Waals surface area contributed by atoms with Crippen LogP contribution in [0, 0.1) is 3.57 Å². The summed E-state index contributed by atoms with van der Waals surface area (Å²) in [6, 6.07) is 6.69. The first kappa shape index (κ1) is 13.9. The molecule has 0 aliphatic carbocycles. The molecule has 1 aliphatic rings. The highest BCUT2D eigenvalue weighted by molar-refractivity contribution is 14.1. The van der Waals surface area contributed by atoms with Crippen LogP contribution in [0.1, 0.15) is 26.2 Å². The number of likely N-dealkylation sites (tertiary alicyclic amines) is 1. The van der Waals surface area contributed by atoms with Crippen molar-refractivity contribution in [1.29, 1.82) is 0 Å². The fourth-order valence-electron chi connectivity index (χ4n) is 2.49. The molecule has 0 amide bonds. The third kappa shape index (κ3) is 3.75. The van der Waals surface area contributed by atoms with E-state index in [9.17, 15) is 0 Å². The average Bonchev–Trinajstić information content (AvgIpc) is 2.35. The molecule has 0 atom stereocenters. The van der Waals surface area contributed by atoms with Crippen molar-refractivity contribution in [1.82, 2.24) is 4.90 Å². The molecule has 0 saturated carbocycles. The van der Waals surface area contributed by atoms with E-state index in [-0.39, 0.29) is 0 Å². The Hall–Kier alpha value is -0.490. The zero-order valence-corrected chi connectivity index (χ0v) is 13.1. The smallest absolute Gasteiger partial charge is 0.0479 e. The van der Waals surface area contributed by atoms with E-state index in [2.05, 4.69) is 45.8 Å². The van der Waals surface area contributed by atoms with E-state index in [1.807, 2.05) is 12.1 Å². The SMILES string of the molecule is CCCN1CCC(Nc2ccc(N)cc2I)CC1. The minimum absolute atomic E-state index is 0.607. The molecule has 1 aromatic rings. The van der Waals surface area contributed by atoms with Gasteiger partial charge in [0, 0.05) is 34.1 Å². The van der Waals surface area contributed by atoms with Crippen molar-refractivity contribution in [3.63, 3.8) is 0 Å². The summed E-state index contributed by atoms with van der Waals surface area (Å²) in [7, 11) is 0. The van der Waals surface area contributed by atoms with Gasteiger partial charge in [-0.2, -0.15) is 0 Å². The second-order valence-corrected chi connectivity index (χ2v) is 6.16. The normalized spacial score (nSPS) is 17.9. The highest BCUT2D eigenvalue weighted by Crippen LogP contribution is 2.23. The van der Waals surface area contributed by atoms with E-state index in [1.165, 1.54) is 48.2 Å². The van der Waals surface area contributed by atoms with E-state index in [0.29, 0.717) is 6.04 Å². The van der Waals surface area contributed by atoms with Crippen LogP contribution >= 0.6 is 22.6 Å². The highest BCUT2D eigenvalue weighted by atomic mass is 127. The van der Waals surface area contributed by atoms with E-state index >= 15 is 0 Å². The van der Waals surface area contributed by atoms with Crippen molar-refractivity contribution < 1.29 is 0 Å². The maximum absolute atomic E-state index is 5.77. The predicted octanol–water partition coefficient (Wildman–Crippen LogP) is 3.16. The number of anilines is 2. The summed E-state index contributed by atoms with van der Waals surface area (Å²) in [6.45, 7) is 5.93. The van der Waals surface area contributed by atoms with Gasteiger partial charge in [-0.1, -0.05) is 6.92 Å². The van der Waals surface area contributed by atoms with Crippen molar-refractivity contribution >= 4 is 34.0 Å². The number of hydrogen-bond donors (Lipinski definition) is 2. The molecule has 3 N–H and O–H groups in total. The van der Waals surface area contributed by atoms with Gasteiger partial charge in [0.15, 0.2) is 0 Å². The minimum Gasteiger partial charge on any atom is -0.399 e. The summed E-state index contributed by atoms with van der Waals surface area (Å²) in [5.41, 5.74) is 7.83. The molecule has 0 aromatic heterocycles. The van der Waals surface area contributed by atoms with Crippen LogP contribution in [0.3, 0.4) is 0 Å². The average molecular weight is 359 g/mol. The van der Waals surface area contributed by atoms with Gasteiger partial charge in [0.25, 0.3) is 0 Å². The van der Waals surface area contributed by atoms with Gasteiger partial charge in [0.2, 0.25) is 0 Å². The molecule has 1 heterocycles. The zero-order chi connectivity index (χ0) is 13.0. The standard InChI is InChI=1S/C14H22IN3/c1-2-7-18-8-5-12(6-9-18)17-14-4-3-11(16)10-13(14)15/h3-4,10,12,17H,2,5-9,16H2,1H3. The van der Waals surface area contributed by atoms with Gasteiger partial charge in [0.05, 0.1) is 0 Å². The largest absolute Gasteiger partial charge is 0.399 e. The number of hydrogen-bond acceptors (Lipinski definition) is 3. The van der Waals surface area contributed by atoms with E-state index < -0.39 is 0 Å². The molecule has 18 heavy (non-hydrogen) atoms. The molecule has 3 nitrogen and oxygen atoms in total. The van der Waals surface area contributed by atoms with Crippen LogP contribution in [0.2, 0.25) is 0 Å². The number of nitrogens with two attached hydrogens (primary N) is 1. The number of piperidine rings is 1. The molecule has 1 saturated heterocycles. The molecule has 100 valence electrons. The summed E-state index contributed by atoms with van der Waals surface area (Å²) in [5.74, 6) is 0. The molecule has 4 heteroatoms. The second-order valence-electron chi connectivity index (χ2n) is 5.00. The van der Waals surface area contributed by atoms with Crippen molar-refractivity contribution in [2.45, 2.75) is 32.2 Å². The van der Waals surface area contributed by atoms with Crippen molar-refractivity contribution in [2.75, 3.05) is 30.7 Å². The molecule has 0 radical (unpaired) electrons. The van der Waals surface area contributed by atoms with Gasteiger partial charge in [-0.3, -0.25) is 0 Å². The lowest BCUT2D eigenvalue weighted by atomic mass is 10.0. The molecule has 1 fully saturated rings. The molecule has 0 unspecified atom stereocenters. The van der Waals surface area contributed by atoms with E-state index in [0.717, 1.165) is 5.69 Å². The Morgan fingerprint density at radius 2 is 2.11 bits per heavy atom. The molecule has 1 aliphatic heterocycles. The molecular formula is C14H22IN3. The summed E-state index contributed by atoms with van der Waals surface area (Å²) in [5, 5.41) is 3.65. The lowest BCUT2D eigenvalue weighted by molar-refractivity contribution is 0.219. The lowest BCUT2D eigenvalue weighted by Gasteiger charge is -2.32. The van der Waals surface area contributed by atoms with E-state index in [1.54, 1.807) is 0 Å². The summed E-state index contributed by atoms with van der Waals surface area (Å²) < 4.78 is 1.21. The van der Waals surface area contributed by atoms with Crippen LogP contribution in [0.15, 0.2) is 18.2 Å². The van der Waals surface area contributed by atoms with Crippen LogP contribution < -0.4 is 11.1 Å². The van der Waals surface area contributed by atoms with Crippen molar-refractivity contribution in [3.8, 4) is 0 Å². The first-order valence-corrected chi connectivity index (χ1v) is 7.81. The van der Waals surface area contributed by atoms with Gasteiger partial charge < -0.3 is 16.0 Å². The zero-order valence-electron chi connectivity index (χ0n) is 11.0. The Morgan fingerprint density at radius 1 is 1.39 bits per heavy atom. The maximum Gasteiger partial charge on any atom is 0.0479 e. The van der Waals surface area contributed by atoms with Gasteiger partial charge in [-0.15, -0.1) is 0 Å². The van der Waals surface area contributed by atoms with Crippen molar-refractivity contribution in [2.24, 2.45) is 0 Å². The quantitative estimate of drug-likeness (QED) is 0.641. The van der Waals surface area contributed by atoms with Gasteiger partial charge in [-0.25, -0.2) is 0 Å². The third-order valence-electron chi connectivity index (χ3n) is 3.48. The monoisotopic (exact) mass is 359 g/mol. The molecule has 2 rings (SSSR count). The van der Waals surface area contributed by atoms with Gasteiger partial charge >= 0.3 is 0 Å². The minimum atomic E-state index is 0.607. The summed E-state index contributed by atoms with van der Waals surface area (Å²) >= 11 is 2.35. The third-order valence-corrected chi connectivity index (χ3v) is 4.37. The number of nitrogen functional groups attached to an aromatic ring is 1. The summed E-state index contributed by atoms with van der Waals surface area (Å²) in [4.78, 5) is 2.56. The number of nitrogens with one attached hydrogen (secondary N) is 1. The Morgan fingerprint density at radius 3 is 2.72 bits per heavy atom. The van der Waals surface area contributed by atoms with Gasteiger partial charge in [0.1, 0.15) is 0 Å². The number of benzene rings is 1. The van der Waals surface area contributed by atoms with Crippen LogP contribution in [0.4, 0.5) is 11.4 Å².